The van der Waals surface area contributed by atoms with Gasteiger partial charge in [0.25, 0.3) is 6.23 Å². The fourth-order valence-corrected chi connectivity index (χ4v) is 3.36. The molecule has 1 aliphatic heterocycles. The van der Waals surface area contributed by atoms with E-state index in [9.17, 15) is 20.1 Å². The Morgan fingerprint density at radius 1 is 1.14 bits per heavy atom. The van der Waals surface area contributed by atoms with Gasteiger partial charge in [0.15, 0.2) is 24.3 Å². The second-order valence-corrected chi connectivity index (χ2v) is 6.90. The summed E-state index contributed by atoms with van der Waals surface area (Å²) in [6.45, 7) is -0.405. The standard InChI is InChI=1S/C21H21N2O6/c24-12-17-18(26)19(27)21(29-17)23-8-1-2-15(11-23)16(25)10-13-3-5-14(6-4-13)20-22-7-9-28-20/h1-9,11,17-19,21,24,26-27H,10,12H2/q+1/t17-,18-,19-,21-/m1/s1. The van der Waals surface area contributed by atoms with Gasteiger partial charge < -0.3 is 24.5 Å². The van der Waals surface area contributed by atoms with Crippen molar-refractivity contribution < 1.29 is 33.8 Å². The van der Waals surface area contributed by atoms with Crippen LogP contribution in [0.4, 0.5) is 0 Å². The summed E-state index contributed by atoms with van der Waals surface area (Å²) in [5, 5.41) is 29.3. The van der Waals surface area contributed by atoms with Crippen molar-refractivity contribution in [1.29, 1.82) is 0 Å². The molecule has 150 valence electrons. The van der Waals surface area contributed by atoms with Gasteiger partial charge in [0.1, 0.15) is 18.5 Å². The zero-order chi connectivity index (χ0) is 20.4. The molecule has 0 aliphatic carbocycles. The number of ketones is 1. The maximum atomic E-state index is 12.7. The van der Waals surface area contributed by atoms with Crippen molar-refractivity contribution in [1.82, 2.24) is 4.98 Å². The number of hydrogen-bond acceptors (Lipinski definition) is 7. The number of hydrogen-bond donors (Lipinski definition) is 3. The van der Waals surface area contributed by atoms with E-state index in [0.717, 1.165) is 11.1 Å². The lowest BCUT2D eigenvalue weighted by Crippen LogP contribution is -2.46. The molecule has 2 aromatic heterocycles. The number of Topliss-reactive ketones (excluding diaryl/α,β-unsaturated/α-hetero) is 1. The van der Waals surface area contributed by atoms with Gasteiger partial charge in [-0.3, -0.25) is 4.79 Å². The van der Waals surface area contributed by atoms with Crippen molar-refractivity contribution in [3.8, 4) is 11.5 Å². The second-order valence-electron chi connectivity index (χ2n) is 6.90. The van der Waals surface area contributed by atoms with Crippen LogP contribution in [0.5, 0.6) is 0 Å². The summed E-state index contributed by atoms with van der Waals surface area (Å²) in [6.07, 6.45) is 2.34. The minimum Gasteiger partial charge on any atom is -0.445 e. The van der Waals surface area contributed by atoms with Crippen LogP contribution in [0.15, 0.2) is 65.7 Å². The number of ether oxygens (including phenoxy) is 1. The number of carbonyl (C=O) groups excluding carboxylic acids is 1. The van der Waals surface area contributed by atoms with E-state index < -0.39 is 31.1 Å². The summed E-state index contributed by atoms with van der Waals surface area (Å²) in [6, 6.07) is 10.7. The Bertz CT molecular complexity index is 973. The molecule has 0 spiro atoms. The summed E-state index contributed by atoms with van der Waals surface area (Å²) in [5.74, 6) is 0.417. The van der Waals surface area contributed by atoms with Crippen LogP contribution in [0.2, 0.25) is 0 Å². The number of nitrogens with zero attached hydrogens (tertiary/aromatic N) is 2. The van der Waals surface area contributed by atoms with Crippen LogP contribution in [0, 0.1) is 0 Å². The Morgan fingerprint density at radius 3 is 2.59 bits per heavy atom. The molecular weight excluding hydrogens is 376 g/mol. The molecule has 0 unspecified atom stereocenters. The molecular formula is C21H21N2O6+. The molecule has 4 rings (SSSR count). The number of pyridine rings is 1. The molecule has 4 atom stereocenters. The van der Waals surface area contributed by atoms with Gasteiger partial charge in [-0.2, -0.15) is 4.57 Å². The molecule has 1 aliphatic rings. The normalized spacial score (nSPS) is 24.0. The molecule has 1 saturated heterocycles. The van der Waals surface area contributed by atoms with E-state index in [-0.39, 0.29) is 12.2 Å². The predicted octanol–water partition coefficient (Wildman–Crippen LogP) is 0.666. The van der Waals surface area contributed by atoms with Crippen LogP contribution in [-0.2, 0) is 11.2 Å². The molecule has 0 amide bonds. The molecule has 29 heavy (non-hydrogen) atoms. The molecule has 3 N–H and O–H groups in total. The Balaban J connectivity index is 1.48. The van der Waals surface area contributed by atoms with Gasteiger partial charge in [-0.15, -0.1) is 0 Å². The third kappa shape index (κ3) is 3.96. The smallest absolute Gasteiger partial charge is 0.292 e. The monoisotopic (exact) mass is 397 g/mol. The van der Waals surface area contributed by atoms with Gasteiger partial charge in [-0.05, 0) is 23.8 Å². The van der Waals surface area contributed by atoms with Gasteiger partial charge in [-0.25, -0.2) is 4.98 Å². The number of aliphatic hydroxyl groups is 3. The number of oxazole rings is 1. The Labute approximate surface area is 166 Å². The summed E-state index contributed by atoms with van der Waals surface area (Å²) < 4.78 is 12.3. The molecule has 1 fully saturated rings. The first-order chi connectivity index (χ1) is 14.1. The van der Waals surface area contributed by atoms with Crippen LogP contribution in [0.1, 0.15) is 22.1 Å². The lowest BCUT2D eigenvalue weighted by Gasteiger charge is -2.10. The van der Waals surface area contributed by atoms with Crippen molar-refractivity contribution in [2.45, 2.75) is 31.0 Å². The average Bonchev–Trinajstić information content (AvgIpc) is 3.38. The largest absolute Gasteiger partial charge is 0.445 e. The van der Waals surface area contributed by atoms with Crippen LogP contribution in [0.3, 0.4) is 0 Å². The molecule has 8 nitrogen and oxygen atoms in total. The third-order valence-corrected chi connectivity index (χ3v) is 4.95. The van der Waals surface area contributed by atoms with Crippen molar-refractivity contribution in [2.75, 3.05) is 6.61 Å². The van der Waals surface area contributed by atoms with E-state index in [4.69, 9.17) is 9.15 Å². The Morgan fingerprint density at radius 2 is 1.93 bits per heavy atom. The van der Waals surface area contributed by atoms with Crippen LogP contribution in [-0.4, -0.2) is 51.0 Å². The molecule has 3 aromatic rings. The first-order valence-corrected chi connectivity index (χ1v) is 9.22. The molecule has 8 heteroatoms. The van der Waals surface area contributed by atoms with Crippen molar-refractivity contribution >= 4 is 5.78 Å². The van der Waals surface area contributed by atoms with Crippen molar-refractivity contribution in [3.05, 3.63) is 72.4 Å². The Kier molecular flexibility index (Phi) is 5.50. The minimum absolute atomic E-state index is 0.102. The zero-order valence-electron chi connectivity index (χ0n) is 15.5. The second kappa shape index (κ2) is 8.22. The maximum absolute atomic E-state index is 12.7. The summed E-state index contributed by atoms with van der Waals surface area (Å²) >= 11 is 0. The van der Waals surface area contributed by atoms with Crippen LogP contribution < -0.4 is 4.57 Å². The maximum Gasteiger partial charge on any atom is 0.292 e. The highest BCUT2D eigenvalue weighted by atomic mass is 16.6. The first-order valence-electron chi connectivity index (χ1n) is 9.22. The van der Waals surface area contributed by atoms with E-state index in [2.05, 4.69) is 4.98 Å². The molecule has 0 saturated carbocycles. The summed E-state index contributed by atoms with van der Waals surface area (Å²) in [5.41, 5.74) is 2.11. The van der Waals surface area contributed by atoms with Crippen molar-refractivity contribution in [2.24, 2.45) is 0 Å². The average molecular weight is 397 g/mol. The fraction of sp³-hybridized carbons (Fsp3) is 0.286. The molecule has 3 heterocycles. The van der Waals surface area contributed by atoms with Gasteiger partial charge in [0.2, 0.25) is 5.89 Å². The number of rotatable bonds is 6. The number of aliphatic hydroxyl groups excluding tert-OH is 3. The predicted molar refractivity (Wildman–Crippen MR) is 99.6 cm³/mol. The van der Waals surface area contributed by atoms with E-state index in [0.29, 0.717) is 11.5 Å². The summed E-state index contributed by atoms with van der Waals surface area (Å²) in [7, 11) is 0. The fourth-order valence-electron chi connectivity index (χ4n) is 3.36. The number of carbonyl (C=O) groups is 1. The van der Waals surface area contributed by atoms with Gasteiger partial charge >= 0.3 is 0 Å². The van der Waals surface area contributed by atoms with Crippen LogP contribution in [0.25, 0.3) is 11.5 Å². The Hall–Kier alpha value is -2.91. The SMILES string of the molecule is O=C(Cc1ccc(-c2ncco2)cc1)c1ccc[n+]([C@@H]2O[C@H](CO)[C@@H](O)[C@H]2O)c1. The van der Waals surface area contributed by atoms with Crippen molar-refractivity contribution in [3.63, 3.8) is 0 Å². The highest BCUT2D eigenvalue weighted by Crippen LogP contribution is 2.25. The lowest BCUT2D eigenvalue weighted by atomic mass is 10.0. The third-order valence-electron chi connectivity index (χ3n) is 4.95. The lowest BCUT2D eigenvalue weighted by molar-refractivity contribution is -0.765. The highest BCUT2D eigenvalue weighted by Gasteiger charge is 2.47. The highest BCUT2D eigenvalue weighted by molar-refractivity contribution is 5.97. The van der Waals surface area contributed by atoms with E-state index in [1.165, 1.54) is 10.8 Å². The quantitative estimate of drug-likeness (QED) is 0.413. The summed E-state index contributed by atoms with van der Waals surface area (Å²) in [4.78, 5) is 16.8. The number of aromatic nitrogens is 2. The van der Waals surface area contributed by atoms with E-state index in [1.807, 2.05) is 24.3 Å². The topological polar surface area (TPSA) is 117 Å². The minimum atomic E-state index is -1.20. The zero-order valence-corrected chi connectivity index (χ0v) is 15.5. The van der Waals surface area contributed by atoms with E-state index >= 15 is 0 Å². The van der Waals surface area contributed by atoms with Crippen LogP contribution >= 0.6 is 0 Å². The van der Waals surface area contributed by atoms with Gasteiger partial charge in [0, 0.05) is 18.1 Å². The molecule has 1 aromatic carbocycles. The molecule has 0 bridgehead atoms. The first kappa shape index (κ1) is 19.4. The molecule has 0 radical (unpaired) electrons. The van der Waals surface area contributed by atoms with E-state index in [1.54, 1.807) is 30.7 Å². The van der Waals surface area contributed by atoms with Gasteiger partial charge in [0.05, 0.1) is 18.4 Å². The number of benzene rings is 1. The van der Waals surface area contributed by atoms with Gasteiger partial charge in [-0.1, -0.05) is 12.1 Å².